The fourth-order valence-corrected chi connectivity index (χ4v) is 2.89. The molecular weight excluding hydrogens is 379 g/mol. The summed E-state index contributed by atoms with van der Waals surface area (Å²) in [5, 5.41) is 9.83. The Morgan fingerprint density at radius 2 is 2.00 bits per heavy atom. The van der Waals surface area contributed by atoms with Crippen molar-refractivity contribution < 1.29 is 28.2 Å². The Labute approximate surface area is 157 Å². The maximum Gasteiger partial charge on any atom is 0.347 e. The van der Waals surface area contributed by atoms with E-state index >= 15 is 0 Å². The maximum absolute atomic E-state index is 13.3. The number of hydrogen-bond donors (Lipinski definition) is 1. The largest absolute Gasteiger partial charge is 0.478 e. The van der Waals surface area contributed by atoms with Crippen molar-refractivity contribution in [3.8, 4) is 16.9 Å². The molecule has 0 aliphatic carbocycles. The Kier molecular flexibility index (Phi) is 5.43. The number of aliphatic carboxylic acids is 1. The van der Waals surface area contributed by atoms with Gasteiger partial charge in [0, 0.05) is 35.8 Å². The van der Waals surface area contributed by atoms with Gasteiger partial charge in [0.15, 0.2) is 0 Å². The van der Waals surface area contributed by atoms with E-state index in [1.54, 1.807) is 6.07 Å². The second-order valence-corrected chi connectivity index (χ2v) is 6.07. The lowest BCUT2D eigenvalue weighted by molar-refractivity contribution is -0.147. The molecule has 1 N–H and O–H groups in total. The molecule has 1 heterocycles. The number of carbonyl (C=O) groups is 1. The topological polar surface area (TPSA) is 86.0 Å². The van der Waals surface area contributed by atoms with Crippen LogP contribution in [0.3, 0.4) is 0 Å². The molecule has 1 atom stereocenters. The quantitative estimate of drug-likeness (QED) is 0.643. The highest BCUT2D eigenvalue weighted by atomic mass is 35.5. The van der Waals surface area contributed by atoms with Crippen molar-refractivity contribution in [2.75, 3.05) is 13.7 Å². The molecule has 2 aromatic carbocycles. The fourth-order valence-electron chi connectivity index (χ4n) is 2.62. The number of halogens is 2. The minimum Gasteiger partial charge on any atom is -0.478 e. The van der Waals surface area contributed by atoms with E-state index in [2.05, 4.69) is 0 Å². The van der Waals surface area contributed by atoms with E-state index in [1.807, 2.05) is 0 Å². The zero-order valence-electron chi connectivity index (χ0n) is 14.1. The predicted molar refractivity (Wildman–Crippen MR) is 96.8 cm³/mol. The van der Waals surface area contributed by atoms with Crippen LogP contribution in [-0.4, -0.2) is 30.9 Å². The van der Waals surface area contributed by atoms with Crippen LogP contribution in [0.5, 0.6) is 5.75 Å². The Balaban J connectivity index is 2.08. The third-order valence-corrected chi connectivity index (χ3v) is 4.12. The van der Waals surface area contributed by atoms with Gasteiger partial charge in [-0.3, -0.25) is 0 Å². The van der Waals surface area contributed by atoms with E-state index in [9.17, 15) is 14.0 Å². The third-order valence-electron chi connectivity index (χ3n) is 3.81. The number of carboxylic acids is 1. The fraction of sp³-hybridized carbons (Fsp3) is 0.158. The molecule has 1 aromatic heterocycles. The molecule has 0 saturated carbocycles. The Morgan fingerprint density at radius 1 is 1.22 bits per heavy atom. The Bertz CT molecular complexity index is 1060. The van der Waals surface area contributed by atoms with E-state index in [0.717, 1.165) is 6.07 Å². The van der Waals surface area contributed by atoms with Gasteiger partial charge < -0.3 is 19.0 Å². The van der Waals surface area contributed by atoms with Crippen molar-refractivity contribution >= 4 is 28.5 Å². The van der Waals surface area contributed by atoms with Crippen molar-refractivity contribution in [2.45, 2.75) is 6.10 Å². The van der Waals surface area contributed by atoms with Crippen LogP contribution in [0.4, 0.5) is 4.39 Å². The predicted octanol–water partition coefficient (Wildman–Crippen LogP) is 3.73. The van der Waals surface area contributed by atoms with Crippen LogP contribution in [0.2, 0.25) is 5.02 Å². The number of carboxylic acid groups (broad SMARTS) is 1. The molecule has 0 radical (unpaired) electrons. The highest BCUT2D eigenvalue weighted by molar-refractivity contribution is 6.33. The number of methoxy groups -OCH3 is 1. The van der Waals surface area contributed by atoms with E-state index in [4.69, 9.17) is 30.6 Å². The summed E-state index contributed by atoms with van der Waals surface area (Å²) in [5.41, 5.74) is 0.468. The normalized spacial score (nSPS) is 12.1. The molecular formula is C19H14ClFO6. The average Bonchev–Trinajstić information content (AvgIpc) is 2.60. The lowest BCUT2D eigenvalue weighted by Gasteiger charge is -2.15. The highest BCUT2D eigenvalue weighted by Gasteiger charge is 2.20. The Morgan fingerprint density at radius 3 is 2.67 bits per heavy atom. The average molecular weight is 393 g/mol. The molecule has 0 saturated heterocycles. The number of hydrogen-bond acceptors (Lipinski definition) is 5. The molecule has 0 fully saturated rings. The van der Waals surface area contributed by atoms with E-state index in [0.29, 0.717) is 16.5 Å². The van der Waals surface area contributed by atoms with Gasteiger partial charge >= 0.3 is 11.6 Å². The molecule has 0 aliphatic rings. The van der Waals surface area contributed by atoms with Gasteiger partial charge in [-0.15, -0.1) is 0 Å². The van der Waals surface area contributed by atoms with Crippen LogP contribution >= 0.6 is 11.6 Å². The van der Waals surface area contributed by atoms with Crippen molar-refractivity contribution in [2.24, 2.45) is 0 Å². The molecule has 27 heavy (non-hydrogen) atoms. The summed E-state index contributed by atoms with van der Waals surface area (Å²) < 4.78 is 28.7. The van der Waals surface area contributed by atoms with Gasteiger partial charge in [0.2, 0.25) is 6.10 Å². The molecule has 1 unspecified atom stereocenters. The molecule has 0 spiro atoms. The van der Waals surface area contributed by atoms with Gasteiger partial charge in [0.25, 0.3) is 0 Å². The Hall–Kier alpha value is -2.90. The first-order chi connectivity index (χ1) is 12.9. The molecule has 140 valence electrons. The second-order valence-electron chi connectivity index (χ2n) is 5.66. The van der Waals surface area contributed by atoms with E-state index < -0.39 is 23.5 Å². The number of fused-ring (bicyclic) bond motifs is 1. The second kappa shape index (κ2) is 7.77. The van der Waals surface area contributed by atoms with Crippen LogP contribution in [0.1, 0.15) is 0 Å². The number of ether oxygens (including phenoxy) is 2. The smallest absolute Gasteiger partial charge is 0.347 e. The maximum atomic E-state index is 13.3. The van der Waals surface area contributed by atoms with Crippen molar-refractivity contribution in [3.63, 3.8) is 0 Å². The minimum absolute atomic E-state index is 0.147. The lowest BCUT2D eigenvalue weighted by atomic mass is 10.0. The van der Waals surface area contributed by atoms with Gasteiger partial charge in [-0.1, -0.05) is 11.6 Å². The summed E-state index contributed by atoms with van der Waals surface area (Å²) in [6.07, 6.45) is -1.21. The molecule has 8 heteroatoms. The molecule has 3 aromatic rings. The first-order valence-electron chi connectivity index (χ1n) is 7.81. The van der Waals surface area contributed by atoms with Crippen LogP contribution in [0.15, 0.2) is 51.7 Å². The van der Waals surface area contributed by atoms with Crippen molar-refractivity contribution in [3.05, 3.63) is 63.7 Å². The summed E-state index contributed by atoms with van der Waals surface area (Å²) >= 11 is 6.11. The standard InChI is InChI=1S/C19H14ClFO6/c1-25-9-17(19(23)24)26-11-3-5-13-14(8-18(22)27-16(13)7-11)12-4-2-10(21)6-15(12)20/h2-8,17H,9H2,1H3,(H,23,24). The first kappa shape index (κ1) is 18.9. The van der Waals surface area contributed by atoms with Crippen LogP contribution in [-0.2, 0) is 9.53 Å². The van der Waals surface area contributed by atoms with Gasteiger partial charge in [-0.2, -0.15) is 0 Å². The van der Waals surface area contributed by atoms with Crippen molar-refractivity contribution in [1.82, 2.24) is 0 Å². The van der Waals surface area contributed by atoms with Crippen LogP contribution in [0.25, 0.3) is 22.1 Å². The highest BCUT2D eigenvalue weighted by Crippen LogP contribution is 2.34. The van der Waals surface area contributed by atoms with E-state index in [-0.39, 0.29) is 23.0 Å². The van der Waals surface area contributed by atoms with Gasteiger partial charge in [-0.05, 0) is 30.3 Å². The first-order valence-corrected chi connectivity index (χ1v) is 8.18. The van der Waals surface area contributed by atoms with E-state index in [1.165, 1.54) is 37.4 Å². The lowest BCUT2D eigenvalue weighted by Crippen LogP contribution is -2.31. The minimum atomic E-state index is -1.21. The summed E-state index contributed by atoms with van der Waals surface area (Å²) in [7, 11) is 1.36. The molecule has 0 bridgehead atoms. The number of rotatable bonds is 6. The summed E-state index contributed by atoms with van der Waals surface area (Å²) in [4.78, 5) is 23.2. The van der Waals surface area contributed by atoms with Gasteiger partial charge in [0.1, 0.15) is 17.1 Å². The summed E-state index contributed by atoms with van der Waals surface area (Å²) in [5.74, 6) is -1.49. The van der Waals surface area contributed by atoms with Crippen LogP contribution < -0.4 is 10.4 Å². The monoisotopic (exact) mass is 392 g/mol. The van der Waals surface area contributed by atoms with Gasteiger partial charge in [0.05, 0.1) is 11.6 Å². The SMILES string of the molecule is COCC(Oc1ccc2c(-c3ccc(F)cc3Cl)cc(=O)oc2c1)C(=O)O. The molecule has 6 nitrogen and oxygen atoms in total. The summed E-state index contributed by atoms with van der Waals surface area (Å²) in [6.45, 7) is -0.150. The zero-order valence-corrected chi connectivity index (χ0v) is 14.8. The van der Waals surface area contributed by atoms with Gasteiger partial charge in [-0.25, -0.2) is 14.0 Å². The molecule has 0 aliphatic heterocycles. The number of benzene rings is 2. The summed E-state index contributed by atoms with van der Waals surface area (Å²) in [6, 6.07) is 9.66. The van der Waals surface area contributed by atoms with Crippen molar-refractivity contribution in [1.29, 1.82) is 0 Å². The molecule has 3 rings (SSSR count). The molecule has 0 amide bonds. The van der Waals surface area contributed by atoms with Crippen LogP contribution in [0, 0.1) is 5.82 Å². The zero-order chi connectivity index (χ0) is 19.6. The third kappa shape index (κ3) is 4.10.